The molecule has 1 aromatic rings. The molecule has 0 spiro atoms. The SMILES string of the molecule is N/C(=C\C(CO)=[NH+]c1ccc(C(F)(F)F)cc1)C(F)(F)F. The average molecular weight is 313 g/mol. The van der Waals surface area contributed by atoms with Crippen molar-refractivity contribution >= 4 is 11.4 Å². The molecule has 0 amide bonds. The molecular weight excluding hydrogens is 302 g/mol. The first-order valence-electron chi connectivity index (χ1n) is 5.49. The van der Waals surface area contributed by atoms with Crippen molar-refractivity contribution in [3.05, 3.63) is 41.6 Å². The van der Waals surface area contributed by atoms with Crippen LogP contribution in [0.1, 0.15) is 5.56 Å². The number of nitrogens with two attached hydrogens (primary N) is 1. The molecule has 9 heteroatoms. The first-order valence-corrected chi connectivity index (χ1v) is 5.49. The Kier molecular flexibility index (Phi) is 5.00. The molecule has 1 rings (SSSR count). The number of aliphatic hydroxyl groups is 1. The van der Waals surface area contributed by atoms with Crippen LogP contribution in [0, 0.1) is 0 Å². The molecule has 1 aromatic carbocycles. The Hall–Kier alpha value is -2.03. The smallest absolute Gasteiger partial charge is 0.395 e. The number of halogens is 6. The summed E-state index contributed by atoms with van der Waals surface area (Å²) < 4.78 is 73.7. The lowest BCUT2D eigenvalue weighted by atomic mass is 10.2. The van der Waals surface area contributed by atoms with Gasteiger partial charge in [0.05, 0.1) is 5.56 Å². The van der Waals surface area contributed by atoms with Crippen LogP contribution in [0.5, 0.6) is 0 Å². The molecule has 0 aliphatic carbocycles. The van der Waals surface area contributed by atoms with Crippen LogP contribution >= 0.6 is 0 Å². The summed E-state index contributed by atoms with van der Waals surface area (Å²) in [6, 6.07) is 3.56. The third-order valence-corrected chi connectivity index (χ3v) is 2.34. The van der Waals surface area contributed by atoms with E-state index >= 15 is 0 Å². The summed E-state index contributed by atoms with van der Waals surface area (Å²) >= 11 is 0. The zero-order valence-electron chi connectivity index (χ0n) is 10.4. The van der Waals surface area contributed by atoms with Gasteiger partial charge in [0.2, 0.25) is 11.4 Å². The van der Waals surface area contributed by atoms with Crippen molar-refractivity contribution in [2.45, 2.75) is 12.4 Å². The van der Waals surface area contributed by atoms with Crippen LogP contribution in [0.2, 0.25) is 0 Å². The number of allylic oxidation sites excluding steroid dienone is 1. The Labute approximate surface area is 115 Å². The quantitative estimate of drug-likeness (QED) is 0.581. The summed E-state index contributed by atoms with van der Waals surface area (Å²) in [5.41, 5.74) is 2.22. The second-order valence-electron chi connectivity index (χ2n) is 3.98. The van der Waals surface area contributed by atoms with E-state index in [2.05, 4.69) is 4.99 Å². The summed E-state index contributed by atoms with van der Waals surface area (Å²) in [6.07, 6.45) is -8.80. The molecule has 0 unspecified atom stereocenters. The average Bonchev–Trinajstić information content (AvgIpc) is 2.36. The van der Waals surface area contributed by atoms with Crippen LogP contribution in [0.3, 0.4) is 0 Å². The predicted octanol–water partition coefficient (Wildman–Crippen LogP) is 1.26. The van der Waals surface area contributed by atoms with Crippen molar-refractivity contribution in [1.82, 2.24) is 0 Å². The van der Waals surface area contributed by atoms with Gasteiger partial charge in [-0.1, -0.05) is 0 Å². The van der Waals surface area contributed by atoms with E-state index in [1.807, 2.05) is 0 Å². The normalized spacial score (nSPS) is 14.4. The Morgan fingerprint density at radius 3 is 2.00 bits per heavy atom. The van der Waals surface area contributed by atoms with Crippen molar-refractivity contribution in [3.8, 4) is 0 Å². The van der Waals surface area contributed by atoms with Gasteiger partial charge < -0.3 is 10.8 Å². The molecular formula is C12H11F6N2O+. The fourth-order valence-electron chi connectivity index (χ4n) is 1.32. The molecule has 0 bridgehead atoms. The van der Waals surface area contributed by atoms with Crippen molar-refractivity contribution in [2.24, 2.45) is 5.73 Å². The minimum Gasteiger partial charge on any atom is -0.395 e. The summed E-state index contributed by atoms with van der Waals surface area (Å²) in [5, 5.41) is 8.94. The number of benzene rings is 1. The van der Waals surface area contributed by atoms with E-state index in [0.29, 0.717) is 6.08 Å². The molecule has 3 nitrogen and oxygen atoms in total. The zero-order valence-corrected chi connectivity index (χ0v) is 10.4. The highest BCUT2D eigenvalue weighted by Crippen LogP contribution is 2.29. The lowest BCUT2D eigenvalue weighted by molar-refractivity contribution is -0.355. The maximum atomic E-state index is 12.3. The molecule has 0 atom stereocenters. The Bertz CT molecular complexity index is 542. The lowest BCUT2D eigenvalue weighted by Crippen LogP contribution is -2.67. The van der Waals surface area contributed by atoms with Crippen LogP contribution < -0.4 is 10.7 Å². The molecule has 21 heavy (non-hydrogen) atoms. The molecule has 0 fully saturated rings. The van der Waals surface area contributed by atoms with E-state index in [9.17, 15) is 26.3 Å². The molecule has 116 valence electrons. The minimum absolute atomic E-state index is 0.0817. The van der Waals surface area contributed by atoms with Crippen molar-refractivity contribution < 1.29 is 36.4 Å². The number of nitrogens with one attached hydrogen (secondary N) is 1. The van der Waals surface area contributed by atoms with Crippen LogP contribution in [0.15, 0.2) is 36.0 Å². The number of alkyl halides is 6. The number of hydrogen-bond acceptors (Lipinski definition) is 2. The predicted molar refractivity (Wildman–Crippen MR) is 62.5 cm³/mol. The van der Waals surface area contributed by atoms with Gasteiger partial charge in [-0.05, 0) is 12.1 Å². The summed E-state index contributed by atoms with van der Waals surface area (Å²) in [5.74, 6) is 0. The van der Waals surface area contributed by atoms with E-state index in [-0.39, 0.29) is 11.4 Å². The fraction of sp³-hybridized carbons (Fsp3) is 0.250. The van der Waals surface area contributed by atoms with Crippen LogP contribution in [-0.4, -0.2) is 23.6 Å². The highest BCUT2D eigenvalue weighted by atomic mass is 19.4. The number of hydrogen-bond donors (Lipinski definition) is 3. The van der Waals surface area contributed by atoms with Gasteiger partial charge in [-0.2, -0.15) is 26.3 Å². The zero-order chi connectivity index (χ0) is 16.3. The van der Waals surface area contributed by atoms with Crippen molar-refractivity contribution in [2.75, 3.05) is 6.61 Å². The van der Waals surface area contributed by atoms with Gasteiger partial charge in [-0.15, -0.1) is 0 Å². The second kappa shape index (κ2) is 6.17. The Balaban J connectivity index is 3.05. The molecule has 0 radical (unpaired) electrons. The largest absolute Gasteiger partial charge is 0.430 e. The van der Waals surface area contributed by atoms with Gasteiger partial charge in [0.25, 0.3) is 0 Å². The van der Waals surface area contributed by atoms with Gasteiger partial charge in [0.1, 0.15) is 12.3 Å². The fourth-order valence-corrected chi connectivity index (χ4v) is 1.32. The molecule has 0 saturated carbocycles. The van der Waals surface area contributed by atoms with Crippen molar-refractivity contribution in [3.63, 3.8) is 0 Å². The minimum atomic E-state index is -4.76. The van der Waals surface area contributed by atoms with E-state index < -0.39 is 30.2 Å². The summed E-state index contributed by atoms with van der Waals surface area (Å²) in [7, 11) is 0. The standard InChI is InChI=1S/C12H10F6N2O/c13-11(14,15)7-1-3-8(4-2-7)20-9(6-21)5-10(19)12(16,17)18/h1-5,21H,6,19H2/p+1/b10-5-,20-9?. The van der Waals surface area contributed by atoms with Gasteiger partial charge in [0.15, 0.2) is 0 Å². The van der Waals surface area contributed by atoms with Gasteiger partial charge in [0, 0.05) is 18.2 Å². The first-order chi connectivity index (χ1) is 9.54. The summed E-state index contributed by atoms with van der Waals surface area (Å²) in [6.45, 7) is -0.794. The highest BCUT2D eigenvalue weighted by Gasteiger charge is 2.32. The first kappa shape index (κ1) is 17.0. The van der Waals surface area contributed by atoms with Gasteiger partial charge in [-0.25, -0.2) is 4.99 Å². The monoisotopic (exact) mass is 313 g/mol. The topological polar surface area (TPSA) is 60.2 Å². The second-order valence-corrected chi connectivity index (χ2v) is 3.98. The lowest BCUT2D eigenvalue weighted by Gasteiger charge is -2.05. The van der Waals surface area contributed by atoms with E-state index in [1.165, 1.54) is 0 Å². The van der Waals surface area contributed by atoms with Gasteiger partial charge >= 0.3 is 12.4 Å². The molecule has 0 saturated heterocycles. The van der Waals surface area contributed by atoms with Crippen molar-refractivity contribution in [1.29, 1.82) is 0 Å². The van der Waals surface area contributed by atoms with E-state index in [4.69, 9.17) is 10.8 Å². The Morgan fingerprint density at radius 2 is 1.62 bits per heavy atom. The molecule has 0 heterocycles. The maximum Gasteiger partial charge on any atom is 0.430 e. The molecule has 0 aliphatic rings. The summed E-state index contributed by atoms with van der Waals surface area (Å²) in [4.78, 5) is 2.35. The van der Waals surface area contributed by atoms with Crippen LogP contribution in [0.25, 0.3) is 0 Å². The number of rotatable bonds is 3. The third kappa shape index (κ3) is 5.10. The highest BCUT2D eigenvalue weighted by molar-refractivity contribution is 5.92. The van der Waals surface area contributed by atoms with Crippen LogP contribution in [-0.2, 0) is 6.18 Å². The van der Waals surface area contributed by atoms with E-state index in [0.717, 1.165) is 24.3 Å². The van der Waals surface area contributed by atoms with Gasteiger partial charge in [-0.3, -0.25) is 0 Å². The maximum absolute atomic E-state index is 12.3. The third-order valence-electron chi connectivity index (χ3n) is 2.34. The number of aliphatic hydroxyl groups excluding tert-OH is 1. The van der Waals surface area contributed by atoms with Crippen LogP contribution in [0.4, 0.5) is 32.0 Å². The van der Waals surface area contributed by atoms with E-state index in [1.54, 1.807) is 0 Å². The Morgan fingerprint density at radius 1 is 1.10 bits per heavy atom. The molecule has 4 N–H and O–H groups in total. The molecule has 0 aromatic heterocycles. The molecule has 0 aliphatic heterocycles.